The van der Waals surface area contributed by atoms with E-state index in [2.05, 4.69) is 5.16 Å². The van der Waals surface area contributed by atoms with Gasteiger partial charge in [-0.2, -0.15) is 0 Å². The van der Waals surface area contributed by atoms with Crippen molar-refractivity contribution < 1.29 is 13.9 Å². The molecule has 5 heteroatoms. The zero-order valence-corrected chi connectivity index (χ0v) is 15.6. The van der Waals surface area contributed by atoms with Crippen LogP contribution in [0.25, 0.3) is 0 Å². The molecule has 0 aliphatic rings. The molecule has 0 aromatic heterocycles. The molecule has 0 bridgehead atoms. The molecule has 132 valence electrons. The van der Waals surface area contributed by atoms with Crippen LogP contribution in [0.5, 0.6) is 5.75 Å². The molecule has 3 aromatic rings. The quantitative estimate of drug-likeness (QED) is 0.370. The lowest BCUT2D eigenvalue weighted by Gasteiger charge is -2.17. The van der Waals surface area contributed by atoms with Crippen molar-refractivity contribution in [2.24, 2.45) is 5.16 Å². The second-order valence-electron chi connectivity index (χ2n) is 5.71. The predicted molar refractivity (Wildman–Crippen MR) is 106 cm³/mol. The minimum absolute atomic E-state index is 0.605. The van der Waals surface area contributed by atoms with E-state index in [0.717, 1.165) is 11.3 Å². The van der Waals surface area contributed by atoms with Crippen LogP contribution < -0.4 is 15.3 Å². The summed E-state index contributed by atoms with van der Waals surface area (Å²) in [5, 5.41) is 5.40. The molecular formula is C21H20NO3P. The Morgan fingerprint density at radius 3 is 1.96 bits per heavy atom. The summed E-state index contributed by atoms with van der Waals surface area (Å²) >= 11 is 0. The Morgan fingerprint density at radius 1 is 0.846 bits per heavy atom. The molecule has 0 heterocycles. The Kier molecular flexibility index (Phi) is 5.55. The molecule has 0 atom stereocenters. The fraction of sp³-hybridized carbons (Fsp3) is 0.0952. The Labute approximate surface area is 153 Å². The van der Waals surface area contributed by atoms with Gasteiger partial charge in [-0.1, -0.05) is 53.7 Å². The first kappa shape index (κ1) is 18.0. The highest BCUT2D eigenvalue weighted by Gasteiger charge is 2.30. The van der Waals surface area contributed by atoms with Gasteiger partial charge in [0.05, 0.1) is 23.4 Å². The average Bonchev–Trinajstić information content (AvgIpc) is 2.73. The SMILES string of the molecule is COc1cccc(/C(C)=N/OP(=O)(c2ccccc2)c2ccccc2)c1. The smallest absolute Gasteiger partial charge is 0.330 e. The highest BCUT2D eigenvalue weighted by atomic mass is 31.2. The van der Waals surface area contributed by atoms with E-state index in [1.165, 1.54) is 0 Å². The second-order valence-corrected chi connectivity index (χ2v) is 8.01. The summed E-state index contributed by atoms with van der Waals surface area (Å²) in [7, 11) is -1.72. The number of nitrogens with zero attached hydrogens (tertiary/aromatic N) is 1. The molecular weight excluding hydrogens is 345 g/mol. The molecule has 0 saturated heterocycles. The normalized spacial score (nSPS) is 11.8. The third kappa shape index (κ3) is 3.87. The van der Waals surface area contributed by atoms with Gasteiger partial charge in [-0.25, -0.2) is 0 Å². The molecule has 0 spiro atoms. The Hall–Kier alpha value is -2.84. The Bertz CT molecular complexity index is 896. The Morgan fingerprint density at radius 2 is 1.42 bits per heavy atom. The third-order valence-corrected chi connectivity index (χ3v) is 6.24. The maximum absolute atomic E-state index is 13.7. The van der Waals surface area contributed by atoms with Crippen LogP contribution in [0.15, 0.2) is 90.1 Å². The third-order valence-electron chi connectivity index (χ3n) is 3.97. The Balaban J connectivity index is 1.98. The van der Waals surface area contributed by atoms with Gasteiger partial charge in [0.1, 0.15) is 5.75 Å². The molecule has 0 fully saturated rings. The highest BCUT2D eigenvalue weighted by molar-refractivity contribution is 7.74. The van der Waals surface area contributed by atoms with E-state index in [1.54, 1.807) is 31.4 Å². The van der Waals surface area contributed by atoms with Crippen LogP contribution in [0.1, 0.15) is 12.5 Å². The van der Waals surface area contributed by atoms with Crippen LogP contribution in [0, 0.1) is 0 Å². The largest absolute Gasteiger partial charge is 0.497 e. The molecule has 3 aromatic carbocycles. The van der Waals surface area contributed by atoms with Gasteiger partial charge in [0.2, 0.25) is 0 Å². The van der Waals surface area contributed by atoms with E-state index in [-0.39, 0.29) is 0 Å². The minimum atomic E-state index is -3.34. The van der Waals surface area contributed by atoms with Crippen LogP contribution in [0.4, 0.5) is 0 Å². The fourth-order valence-electron chi connectivity index (χ4n) is 2.51. The van der Waals surface area contributed by atoms with Gasteiger partial charge in [0, 0.05) is 5.56 Å². The first-order valence-electron chi connectivity index (χ1n) is 8.22. The average molecular weight is 365 g/mol. The zero-order valence-electron chi connectivity index (χ0n) is 14.7. The van der Waals surface area contributed by atoms with E-state index in [0.29, 0.717) is 16.3 Å². The number of hydrogen-bond donors (Lipinski definition) is 0. The van der Waals surface area contributed by atoms with Crippen LogP contribution in [-0.2, 0) is 9.19 Å². The molecule has 4 nitrogen and oxygen atoms in total. The van der Waals surface area contributed by atoms with Crippen molar-refractivity contribution >= 4 is 23.7 Å². The number of oxime groups is 1. The van der Waals surface area contributed by atoms with Crippen LogP contribution in [0.2, 0.25) is 0 Å². The van der Waals surface area contributed by atoms with Crippen LogP contribution >= 0.6 is 7.37 Å². The lowest BCUT2D eigenvalue weighted by molar-refractivity contribution is 0.349. The fourth-order valence-corrected chi connectivity index (χ4v) is 4.36. The molecule has 3 rings (SSSR count). The van der Waals surface area contributed by atoms with Gasteiger partial charge in [0.15, 0.2) is 0 Å². The van der Waals surface area contributed by atoms with Crippen LogP contribution in [0.3, 0.4) is 0 Å². The number of ether oxygens (including phenoxy) is 1. The van der Waals surface area contributed by atoms with Crippen molar-refractivity contribution in [1.82, 2.24) is 0 Å². The van der Waals surface area contributed by atoms with Gasteiger partial charge in [-0.15, -0.1) is 0 Å². The molecule has 0 aliphatic heterocycles. The molecule has 0 aliphatic carbocycles. The number of hydrogen-bond acceptors (Lipinski definition) is 4. The molecule has 0 radical (unpaired) electrons. The molecule has 0 N–H and O–H groups in total. The number of rotatable bonds is 6. The summed E-state index contributed by atoms with van der Waals surface area (Å²) in [5.74, 6) is 0.728. The summed E-state index contributed by atoms with van der Waals surface area (Å²) < 4.78 is 24.7. The van der Waals surface area contributed by atoms with Gasteiger partial charge in [-0.05, 0) is 43.3 Å². The lowest BCUT2D eigenvalue weighted by atomic mass is 10.1. The summed E-state index contributed by atoms with van der Waals surface area (Å²) in [6.07, 6.45) is 0. The zero-order chi connectivity index (χ0) is 18.4. The second kappa shape index (κ2) is 8.03. The minimum Gasteiger partial charge on any atom is -0.497 e. The molecule has 0 unspecified atom stereocenters. The van der Waals surface area contributed by atoms with Gasteiger partial charge < -0.3 is 9.36 Å². The van der Waals surface area contributed by atoms with Gasteiger partial charge >= 0.3 is 7.37 Å². The van der Waals surface area contributed by atoms with Gasteiger partial charge in [-0.3, -0.25) is 4.57 Å². The van der Waals surface area contributed by atoms with E-state index >= 15 is 0 Å². The number of methoxy groups -OCH3 is 1. The van der Waals surface area contributed by atoms with Crippen molar-refractivity contribution in [3.8, 4) is 5.75 Å². The summed E-state index contributed by atoms with van der Waals surface area (Å²) in [6.45, 7) is 1.81. The van der Waals surface area contributed by atoms with E-state index < -0.39 is 7.37 Å². The summed E-state index contributed by atoms with van der Waals surface area (Å²) in [6, 6.07) is 25.8. The van der Waals surface area contributed by atoms with Crippen molar-refractivity contribution in [2.45, 2.75) is 6.92 Å². The van der Waals surface area contributed by atoms with Crippen molar-refractivity contribution in [3.63, 3.8) is 0 Å². The molecule has 26 heavy (non-hydrogen) atoms. The first-order valence-corrected chi connectivity index (χ1v) is 9.85. The van der Waals surface area contributed by atoms with Crippen molar-refractivity contribution in [2.75, 3.05) is 7.11 Å². The topological polar surface area (TPSA) is 47.9 Å². The standard InChI is InChI=1S/C21H20NO3P/c1-17(18-10-9-11-19(16-18)24-2)22-25-26(23,20-12-5-3-6-13-20)21-14-7-4-8-15-21/h3-16H,1-2H3/b22-17+. The van der Waals surface area contributed by atoms with E-state index in [1.807, 2.05) is 67.6 Å². The highest BCUT2D eigenvalue weighted by Crippen LogP contribution is 2.45. The molecule has 0 amide bonds. The monoisotopic (exact) mass is 365 g/mol. The molecule has 0 saturated carbocycles. The van der Waals surface area contributed by atoms with Crippen LogP contribution in [-0.4, -0.2) is 12.8 Å². The van der Waals surface area contributed by atoms with E-state index in [9.17, 15) is 4.57 Å². The van der Waals surface area contributed by atoms with Gasteiger partial charge in [0.25, 0.3) is 0 Å². The summed E-state index contributed by atoms with van der Waals surface area (Å²) in [5.41, 5.74) is 1.47. The lowest BCUT2D eigenvalue weighted by Crippen LogP contribution is -2.17. The maximum atomic E-state index is 13.7. The maximum Gasteiger partial charge on any atom is 0.330 e. The van der Waals surface area contributed by atoms with E-state index in [4.69, 9.17) is 9.36 Å². The predicted octanol–water partition coefficient (Wildman–Crippen LogP) is 4.36. The first-order chi connectivity index (χ1) is 12.6. The summed E-state index contributed by atoms with van der Waals surface area (Å²) in [4.78, 5) is 0. The number of benzene rings is 3. The van der Waals surface area contributed by atoms with Crippen molar-refractivity contribution in [3.05, 3.63) is 90.5 Å². The van der Waals surface area contributed by atoms with Crippen molar-refractivity contribution in [1.29, 1.82) is 0 Å².